The fraction of sp³-hybridized carbons (Fsp3) is 0.948. The zero-order valence-corrected chi connectivity index (χ0v) is 64.8. The molecule has 0 aromatic rings. The molecule has 3 N–H and O–H groups in total. The van der Waals surface area contributed by atoms with Gasteiger partial charge in [0.05, 0.1) is 26.4 Å². The zero-order valence-electron chi connectivity index (χ0n) is 63.0. The molecule has 0 radical (unpaired) electrons. The standard InChI is InChI=1S/C77H150O17P2/c1-9-70(8)56-48-40-31-24-20-16-13-14-18-22-26-33-43-51-59-76(81)93-73(64-88-75(80)58-50-42-36-35-39-47-55-69(6)7)66-92-96(85,86)90-62-71(78)61-89-95(83,84)91-65-72(94-77(82)60-52-44-34-28-27-30-38-46-54-68(4)5)63-87-74(79)57-49-41-32-25-21-17-12-10-11-15-19-23-29-37-45-53-67(2)3/h67-73,78H,9-66H2,1-8H3,(H,83,84)(H,85,86)/t70?,71-,72-,73-/m1/s1. The van der Waals surface area contributed by atoms with E-state index >= 15 is 0 Å². The molecule has 0 amide bonds. The first-order valence-corrected chi connectivity index (χ1v) is 42.7. The molecule has 0 spiro atoms. The summed E-state index contributed by atoms with van der Waals surface area (Å²) in [6, 6.07) is 0. The summed E-state index contributed by atoms with van der Waals surface area (Å²) in [7, 11) is -9.91. The van der Waals surface area contributed by atoms with Crippen molar-refractivity contribution in [1.82, 2.24) is 0 Å². The first-order chi connectivity index (χ1) is 46.1. The summed E-state index contributed by atoms with van der Waals surface area (Å²) in [6.45, 7) is 14.2. The van der Waals surface area contributed by atoms with E-state index in [9.17, 15) is 43.2 Å². The van der Waals surface area contributed by atoms with Crippen LogP contribution in [0.25, 0.3) is 0 Å². The number of phosphoric acid groups is 2. The molecule has 0 fully saturated rings. The molecule has 0 rings (SSSR count). The monoisotopic (exact) mass is 1410 g/mol. The Hall–Kier alpha value is -1.94. The number of ether oxygens (including phenoxy) is 4. The molecule has 17 nitrogen and oxygen atoms in total. The van der Waals surface area contributed by atoms with E-state index in [1.807, 2.05) is 0 Å². The summed E-state index contributed by atoms with van der Waals surface area (Å²) in [6.07, 6.45) is 51.5. The molecule has 0 aromatic carbocycles. The molecule has 6 atom stereocenters. The van der Waals surface area contributed by atoms with Crippen LogP contribution >= 0.6 is 15.6 Å². The van der Waals surface area contributed by atoms with Crippen LogP contribution < -0.4 is 0 Å². The Morgan fingerprint density at radius 3 is 0.740 bits per heavy atom. The third kappa shape index (κ3) is 69.2. The lowest BCUT2D eigenvalue weighted by molar-refractivity contribution is -0.161. The number of aliphatic hydroxyl groups excluding tert-OH is 1. The Morgan fingerprint density at radius 2 is 0.500 bits per heavy atom. The van der Waals surface area contributed by atoms with E-state index in [0.29, 0.717) is 31.6 Å². The highest BCUT2D eigenvalue weighted by Gasteiger charge is 2.30. The largest absolute Gasteiger partial charge is 0.472 e. The summed E-state index contributed by atoms with van der Waals surface area (Å²) >= 11 is 0. The fourth-order valence-corrected chi connectivity index (χ4v) is 13.3. The Bertz CT molecular complexity index is 1890. The van der Waals surface area contributed by atoms with Crippen molar-refractivity contribution in [2.75, 3.05) is 39.6 Å². The molecule has 0 aliphatic carbocycles. The van der Waals surface area contributed by atoms with E-state index in [2.05, 4.69) is 55.4 Å². The van der Waals surface area contributed by atoms with Gasteiger partial charge < -0.3 is 33.8 Å². The average molecular weight is 1410 g/mol. The van der Waals surface area contributed by atoms with Crippen LogP contribution in [0.5, 0.6) is 0 Å². The normalized spacial score (nSPS) is 14.4. The number of rotatable bonds is 74. The van der Waals surface area contributed by atoms with Crippen LogP contribution in [0.1, 0.15) is 389 Å². The Kier molecular flexibility index (Phi) is 65.0. The highest BCUT2D eigenvalue weighted by molar-refractivity contribution is 7.47. The molecule has 0 aliphatic heterocycles. The van der Waals surface area contributed by atoms with Crippen LogP contribution in [0.4, 0.5) is 0 Å². The van der Waals surface area contributed by atoms with E-state index in [1.165, 1.54) is 186 Å². The minimum Gasteiger partial charge on any atom is -0.462 e. The van der Waals surface area contributed by atoms with Gasteiger partial charge in [0.25, 0.3) is 0 Å². The van der Waals surface area contributed by atoms with Gasteiger partial charge in [-0.05, 0) is 49.4 Å². The number of carbonyl (C=O) groups excluding carboxylic acids is 4. The van der Waals surface area contributed by atoms with Crippen LogP contribution in [-0.4, -0.2) is 96.7 Å². The smallest absolute Gasteiger partial charge is 0.462 e. The Morgan fingerprint density at radius 1 is 0.292 bits per heavy atom. The van der Waals surface area contributed by atoms with E-state index in [-0.39, 0.29) is 25.7 Å². The van der Waals surface area contributed by atoms with Gasteiger partial charge in [0.1, 0.15) is 19.3 Å². The maximum atomic E-state index is 13.1. The second-order valence-electron chi connectivity index (χ2n) is 29.4. The first-order valence-electron chi connectivity index (χ1n) is 39.7. The lowest BCUT2D eigenvalue weighted by Crippen LogP contribution is -2.30. The van der Waals surface area contributed by atoms with Crippen molar-refractivity contribution in [2.45, 2.75) is 408 Å². The molecular formula is C77H150O17P2. The molecule has 3 unspecified atom stereocenters. The number of carbonyl (C=O) groups is 4. The average Bonchev–Trinajstić information content (AvgIpc) is 1.35. The van der Waals surface area contributed by atoms with Gasteiger partial charge in [-0.1, -0.05) is 338 Å². The number of aliphatic hydroxyl groups is 1. The molecule has 0 aromatic heterocycles. The van der Waals surface area contributed by atoms with Crippen molar-refractivity contribution in [3.8, 4) is 0 Å². The third-order valence-corrected chi connectivity index (χ3v) is 20.1. The van der Waals surface area contributed by atoms with E-state index < -0.39 is 97.5 Å². The van der Waals surface area contributed by atoms with Gasteiger partial charge in [0.2, 0.25) is 0 Å². The number of phosphoric ester groups is 2. The maximum Gasteiger partial charge on any atom is 0.472 e. The zero-order chi connectivity index (χ0) is 71.0. The molecule has 0 saturated carbocycles. The van der Waals surface area contributed by atoms with Crippen molar-refractivity contribution in [3.05, 3.63) is 0 Å². The molecule has 0 saturated heterocycles. The minimum absolute atomic E-state index is 0.104. The van der Waals surface area contributed by atoms with Gasteiger partial charge in [-0.2, -0.15) is 0 Å². The van der Waals surface area contributed by atoms with E-state index in [0.717, 1.165) is 114 Å². The van der Waals surface area contributed by atoms with Gasteiger partial charge in [-0.25, -0.2) is 9.13 Å². The number of unbranched alkanes of at least 4 members (excludes halogenated alkanes) is 39. The first kappa shape index (κ1) is 94.1. The number of hydrogen-bond donors (Lipinski definition) is 3. The van der Waals surface area contributed by atoms with Crippen LogP contribution in [-0.2, 0) is 65.4 Å². The molecule has 0 bridgehead atoms. The molecule has 0 aliphatic rings. The van der Waals surface area contributed by atoms with E-state index in [4.69, 9.17) is 37.0 Å². The third-order valence-electron chi connectivity index (χ3n) is 18.2. The molecule has 0 heterocycles. The topological polar surface area (TPSA) is 237 Å². The van der Waals surface area contributed by atoms with Gasteiger partial charge in [0, 0.05) is 25.7 Å². The van der Waals surface area contributed by atoms with Crippen LogP contribution in [0.3, 0.4) is 0 Å². The van der Waals surface area contributed by atoms with Gasteiger partial charge >= 0.3 is 39.5 Å². The molecule has 570 valence electrons. The molecule has 96 heavy (non-hydrogen) atoms. The van der Waals surface area contributed by atoms with E-state index in [1.54, 1.807) is 0 Å². The Balaban J connectivity index is 5.18. The lowest BCUT2D eigenvalue weighted by atomic mass is 9.99. The van der Waals surface area contributed by atoms with Crippen molar-refractivity contribution in [1.29, 1.82) is 0 Å². The maximum absolute atomic E-state index is 13.1. The van der Waals surface area contributed by atoms with Gasteiger partial charge in [-0.15, -0.1) is 0 Å². The van der Waals surface area contributed by atoms with Crippen LogP contribution in [0, 0.1) is 23.7 Å². The van der Waals surface area contributed by atoms with Crippen LogP contribution in [0.2, 0.25) is 0 Å². The van der Waals surface area contributed by atoms with Crippen molar-refractivity contribution >= 4 is 39.5 Å². The molecular weight excluding hydrogens is 1260 g/mol. The summed E-state index contributed by atoms with van der Waals surface area (Å²) in [5.74, 6) is 0.927. The van der Waals surface area contributed by atoms with Crippen molar-refractivity contribution in [2.24, 2.45) is 23.7 Å². The minimum atomic E-state index is -4.96. The number of hydrogen-bond acceptors (Lipinski definition) is 15. The fourth-order valence-electron chi connectivity index (χ4n) is 11.7. The second-order valence-corrected chi connectivity index (χ2v) is 32.3. The summed E-state index contributed by atoms with van der Waals surface area (Å²) in [5, 5.41) is 10.6. The number of esters is 4. The summed E-state index contributed by atoms with van der Waals surface area (Å²) in [5.41, 5.74) is 0. The SMILES string of the molecule is CCC(C)CCCCCCCCCCCCCCCCC(=O)O[C@H](COC(=O)CCCCCCCCC(C)C)COP(=O)(O)OC[C@H](O)COP(=O)(O)OC[C@@H](COC(=O)CCCCCCCCCCCCCCCCCC(C)C)OC(=O)CCCCCCCCCCC(C)C. The quantitative estimate of drug-likeness (QED) is 0.0222. The highest BCUT2D eigenvalue weighted by Crippen LogP contribution is 2.45. The highest BCUT2D eigenvalue weighted by atomic mass is 31.2. The van der Waals surface area contributed by atoms with Gasteiger partial charge in [0.15, 0.2) is 12.2 Å². The van der Waals surface area contributed by atoms with Gasteiger partial charge in [-0.3, -0.25) is 37.3 Å². The van der Waals surface area contributed by atoms with Crippen LogP contribution in [0.15, 0.2) is 0 Å². The van der Waals surface area contributed by atoms with Crippen molar-refractivity contribution < 1.29 is 80.2 Å². The molecule has 19 heteroatoms. The predicted octanol–water partition coefficient (Wildman–Crippen LogP) is 22.4. The predicted molar refractivity (Wildman–Crippen MR) is 391 cm³/mol. The van der Waals surface area contributed by atoms with Crippen molar-refractivity contribution in [3.63, 3.8) is 0 Å². The lowest BCUT2D eigenvalue weighted by Gasteiger charge is -2.21. The second kappa shape index (κ2) is 66.3. The Labute approximate surface area is 588 Å². The summed E-state index contributed by atoms with van der Waals surface area (Å²) in [4.78, 5) is 72.8. The summed E-state index contributed by atoms with van der Waals surface area (Å²) < 4.78 is 68.5.